The molecular weight excluding hydrogens is 326 g/mol. The van der Waals surface area contributed by atoms with Crippen LogP contribution >= 0.6 is 0 Å². The van der Waals surface area contributed by atoms with Crippen molar-refractivity contribution in [2.24, 2.45) is 0 Å². The summed E-state index contributed by atoms with van der Waals surface area (Å²) in [5, 5.41) is 2.89. The molecule has 0 bridgehead atoms. The number of para-hydroxylation sites is 2. The zero-order chi connectivity index (χ0) is 19.0. The van der Waals surface area contributed by atoms with Crippen molar-refractivity contribution < 1.29 is 14.3 Å². The molecule has 1 amide bonds. The van der Waals surface area contributed by atoms with Gasteiger partial charge in [0.05, 0.1) is 6.54 Å². The molecule has 4 heteroatoms. The second-order valence-corrected chi connectivity index (χ2v) is 7.21. The van der Waals surface area contributed by atoms with Gasteiger partial charge in [0.2, 0.25) is 0 Å². The Balaban J connectivity index is 1.83. The van der Waals surface area contributed by atoms with Crippen LogP contribution < -0.4 is 14.8 Å². The van der Waals surface area contributed by atoms with Gasteiger partial charge in [0.1, 0.15) is 18.1 Å². The number of hydrogen-bond donors (Lipinski definition) is 1. The van der Waals surface area contributed by atoms with E-state index in [1.54, 1.807) is 0 Å². The lowest BCUT2D eigenvalue weighted by atomic mass is 9.86. The van der Waals surface area contributed by atoms with Crippen LogP contribution in [-0.2, 0) is 10.2 Å². The van der Waals surface area contributed by atoms with Crippen molar-refractivity contribution in [3.05, 3.63) is 60.2 Å². The van der Waals surface area contributed by atoms with E-state index in [2.05, 4.69) is 32.2 Å². The molecule has 0 aliphatic heterocycles. The normalized spacial score (nSPS) is 12.3. The molecule has 0 fully saturated rings. The Kier molecular flexibility index (Phi) is 7.07. The van der Waals surface area contributed by atoms with Gasteiger partial charge in [-0.1, -0.05) is 64.1 Å². The van der Waals surface area contributed by atoms with Crippen molar-refractivity contribution in [1.29, 1.82) is 0 Å². The summed E-state index contributed by atoms with van der Waals surface area (Å²) < 4.78 is 11.6. The number of carbonyl (C=O) groups excluding carboxylic acids is 1. The molecular formula is C22H29NO3. The van der Waals surface area contributed by atoms with E-state index in [1.165, 1.54) is 0 Å². The second-order valence-electron chi connectivity index (χ2n) is 7.21. The van der Waals surface area contributed by atoms with Crippen LogP contribution in [0.4, 0.5) is 0 Å². The fourth-order valence-corrected chi connectivity index (χ4v) is 2.65. The van der Waals surface area contributed by atoms with Crippen molar-refractivity contribution in [1.82, 2.24) is 5.32 Å². The summed E-state index contributed by atoms with van der Waals surface area (Å²) >= 11 is 0. The number of rotatable bonds is 8. The topological polar surface area (TPSA) is 47.6 Å². The molecule has 2 aromatic carbocycles. The van der Waals surface area contributed by atoms with Gasteiger partial charge in [0, 0.05) is 0 Å². The molecule has 0 unspecified atom stereocenters. The van der Waals surface area contributed by atoms with E-state index in [4.69, 9.17) is 9.47 Å². The van der Waals surface area contributed by atoms with Gasteiger partial charge in [0.15, 0.2) is 6.10 Å². The van der Waals surface area contributed by atoms with E-state index in [-0.39, 0.29) is 11.3 Å². The highest BCUT2D eigenvalue weighted by molar-refractivity contribution is 5.81. The number of carbonyl (C=O) groups is 1. The fraction of sp³-hybridized carbons (Fsp3) is 0.409. The third-order valence-corrected chi connectivity index (χ3v) is 4.04. The standard InChI is InChI=1S/C22H29NO3/c1-5-19(26-17-11-7-6-8-12-17)21(24)23-15-16-25-20-14-10-9-13-18(20)22(2,3)4/h6-14,19H,5,15-16H2,1-4H3,(H,23,24)/t19-/m0/s1. The molecule has 0 aromatic heterocycles. The van der Waals surface area contributed by atoms with Crippen molar-refractivity contribution in [2.75, 3.05) is 13.2 Å². The summed E-state index contributed by atoms with van der Waals surface area (Å²) in [5.74, 6) is 1.44. The van der Waals surface area contributed by atoms with Gasteiger partial charge >= 0.3 is 0 Å². The van der Waals surface area contributed by atoms with Crippen LogP contribution in [0.3, 0.4) is 0 Å². The first kappa shape index (κ1) is 19.8. The lowest BCUT2D eigenvalue weighted by molar-refractivity contribution is -0.128. The smallest absolute Gasteiger partial charge is 0.261 e. The third-order valence-electron chi connectivity index (χ3n) is 4.04. The van der Waals surface area contributed by atoms with Crippen LogP contribution in [0, 0.1) is 0 Å². The minimum Gasteiger partial charge on any atom is -0.491 e. The van der Waals surface area contributed by atoms with E-state index in [1.807, 2.05) is 55.5 Å². The molecule has 26 heavy (non-hydrogen) atoms. The monoisotopic (exact) mass is 355 g/mol. The Bertz CT molecular complexity index is 692. The number of benzene rings is 2. The van der Waals surface area contributed by atoms with E-state index in [0.29, 0.717) is 25.3 Å². The molecule has 0 spiro atoms. The molecule has 0 saturated heterocycles. The third kappa shape index (κ3) is 5.80. The number of ether oxygens (including phenoxy) is 2. The van der Waals surface area contributed by atoms with E-state index >= 15 is 0 Å². The second kappa shape index (κ2) is 9.27. The van der Waals surface area contributed by atoms with Gasteiger partial charge in [-0.2, -0.15) is 0 Å². The predicted molar refractivity (Wildman–Crippen MR) is 105 cm³/mol. The summed E-state index contributed by atoms with van der Waals surface area (Å²) in [6, 6.07) is 17.4. The highest BCUT2D eigenvalue weighted by Crippen LogP contribution is 2.30. The van der Waals surface area contributed by atoms with Crippen LogP contribution in [-0.4, -0.2) is 25.2 Å². The van der Waals surface area contributed by atoms with Gasteiger partial charge in [-0.15, -0.1) is 0 Å². The van der Waals surface area contributed by atoms with Gasteiger partial charge in [-0.25, -0.2) is 0 Å². The lowest BCUT2D eigenvalue weighted by Gasteiger charge is -2.23. The minimum atomic E-state index is -0.501. The maximum atomic E-state index is 12.3. The Morgan fingerprint density at radius 1 is 1.04 bits per heavy atom. The van der Waals surface area contributed by atoms with E-state index in [9.17, 15) is 4.79 Å². The molecule has 2 rings (SSSR count). The van der Waals surface area contributed by atoms with Crippen LogP contribution in [0.1, 0.15) is 39.7 Å². The van der Waals surface area contributed by atoms with E-state index < -0.39 is 6.10 Å². The van der Waals surface area contributed by atoms with Crippen LogP contribution in [0.15, 0.2) is 54.6 Å². The summed E-state index contributed by atoms with van der Waals surface area (Å²) in [5.41, 5.74) is 1.17. The van der Waals surface area contributed by atoms with Gasteiger partial charge < -0.3 is 14.8 Å². The Morgan fingerprint density at radius 3 is 2.35 bits per heavy atom. The number of nitrogens with one attached hydrogen (secondary N) is 1. The van der Waals surface area contributed by atoms with Crippen LogP contribution in [0.5, 0.6) is 11.5 Å². The molecule has 0 heterocycles. The molecule has 0 radical (unpaired) electrons. The molecule has 2 aromatic rings. The van der Waals surface area contributed by atoms with Gasteiger partial charge in [0.25, 0.3) is 5.91 Å². The van der Waals surface area contributed by atoms with Crippen molar-refractivity contribution >= 4 is 5.91 Å². The fourth-order valence-electron chi connectivity index (χ4n) is 2.65. The number of hydrogen-bond acceptors (Lipinski definition) is 3. The van der Waals surface area contributed by atoms with Crippen molar-refractivity contribution in [2.45, 2.75) is 45.6 Å². The molecule has 140 valence electrons. The van der Waals surface area contributed by atoms with Crippen molar-refractivity contribution in [3.8, 4) is 11.5 Å². The molecule has 1 atom stereocenters. The minimum absolute atomic E-state index is 0.0106. The van der Waals surface area contributed by atoms with Crippen LogP contribution in [0.2, 0.25) is 0 Å². The first-order valence-electron chi connectivity index (χ1n) is 9.13. The maximum absolute atomic E-state index is 12.3. The Morgan fingerprint density at radius 2 is 1.69 bits per heavy atom. The molecule has 0 saturated carbocycles. The van der Waals surface area contributed by atoms with Crippen LogP contribution in [0.25, 0.3) is 0 Å². The summed E-state index contributed by atoms with van der Waals surface area (Å²) in [6.07, 6.45) is 0.105. The molecule has 1 N–H and O–H groups in total. The SMILES string of the molecule is CC[C@H](Oc1ccccc1)C(=O)NCCOc1ccccc1C(C)(C)C. The average Bonchev–Trinajstić information content (AvgIpc) is 2.63. The predicted octanol–water partition coefficient (Wildman–Crippen LogP) is 4.34. The van der Waals surface area contributed by atoms with E-state index in [0.717, 1.165) is 11.3 Å². The van der Waals surface area contributed by atoms with Gasteiger partial charge in [-0.05, 0) is 35.6 Å². The average molecular weight is 355 g/mol. The lowest BCUT2D eigenvalue weighted by Crippen LogP contribution is -2.39. The summed E-state index contributed by atoms with van der Waals surface area (Å²) in [4.78, 5) is 12.3. The highest BCUT2D eigenvalue weighted by Gasteiger charge is 2.19. The molecule has 4 nitrogen and oxygen atoms in total. The van der Waals surface area contributed by atoms with Crippen molar-refractivity contribution in [3.63, 3.8) is 0 Å². The zero-order valence-corrected chi connectivity index (χ0v) is 16.1. The molecule has 0 aliphatic rings. The number of amides is 1. The quantitative estimate of drug-likeness (QED) is 0.717. The largest absolute Gasteiger partial charge is 0.491 e. The molecule has 0 aliphatic carbocycles. The maximum Gasteiger partial charge on any atom is 0.261 e. The zero-order valence-electron chi connectivity index (χ0n) is 16.1. The summed E-state index contributed by atoms with van der Waals surface area (Å²) in [6.45, 7) is 9.26. The first-order chi connectivity index (χ1) is 12.4. The summed E-state index contributed by atoms with van der Waals surface area (Å²) in [7, 11) is 0. The Labute approximate surface area is 156 Å². The van der Waals surface area contributed by atoms with Gasteiger partial charge in [-0.3, -0.25) is 4.79 Å². The first-order valence-corrected chi connectivity index (χ1v) is 9.13. The Hall–Kier alpha value is -2.49. The highest BCUT2D eigenvalue weighted by atomic mass is 16.5.